The van der Waals surface area contributed by atoms with E-state index in [0.29, 0.717) is 12.8 Å². The van der Waals surface area contributed by atoms with Crippen molar-refractivity contribution < 1.29 is 28.6 Å². The Morgan fingerprint density at radius 1 is 0.273 bits per heavy atom. The number of ether oxygens (including phenoxy) is 3. The molecule has 0 aromatic heterocycles. The lowest BCUT2D eigenvalue weighted by Gasteiger charge is -2.18. The Labute approximate surface area is 472 Å². The Bertz CT molecular complexity index is 1840. The van der Waals surface area contributed by atoms with Crippen LogP contribution in [0.25, 0.3) is 0 Å². The lowest BCUT2D eigenvalue weighted by atomic mass is 10.1. The van der Waals surface area contributed by atoms with Crippen LogP contribution in [0.2, 0.25) is 0 Å². The minimum atomic E-state index is -0.846. The van der Waals surface area contributed by atoms with E-state index >= 15 is 0 Å². The van der Waals surface area contributed by atoms with Crippen LogP contribution in [-0.4, -0.2) is 37.2 Å². The van der Waals surface area contributed by atoms with E-state index in [2.05, 4.69) is 191 Å². The van der Waals surface area contributed by atoms with Gasteiger partial charge in [-0.3, -0.25) is 14.4 Å². The summed E-state index contributed by atoms with van der Waals surface area (Å²) in [6.07, 6.45) is 94.8. The molecule has 0 N–H and O–H groups in total. The van der Waals surface area contributed by atoms with E-state index in [1.54, 1.807) is 6.08 Å². The molecule has 6 nitrogen and oxygen atoms in total. The van der Waals surface area contributed by atoms with Crippen molar-refractivity contribution in [2.24, 2.45) is 0 Å². The van der Waals surface area contributed by atoms with Gasteiger partial charge in [0.1, 0.15) is 13.2 Å². The Morgan fingerprint density at radius 3 is 0.844 bits per heavy atom. The van der Waals surface area contributed by atoms with E-state index in [9.17, 15) is 14.4 Å². The molecule has 0 spiro atoms. The van der Waals surface area contributed by atoms with Gasteiger partial charge < -0.3 is 14.2 Å². The molecule has 0 aliphatic rings. The van der Waals surface area contributed by atoms with Crippen molar-refractivity contribution in [2.45, 2.75) is 232 Å². The van der Waals surface area contributed by atoms with Gasteiger partial charge in [-0.05, 0) is 135 Å². The summed E-state index contributed by atoms with van der Waals surface area (Å²) in [5.74, 6) is -1.11. The number of carbonyl (C=O) groups is 3. The number of rotatable bonds is 52. The molecule has 0 aromatic carbocycles. The van der Waals surface area contributed by atoms with Crippen LogP contribution in [0.1, 0.15) is 226 Å². The molecule has 0 saturated carbocycles. The van der Waals surface area contributed by atoms with Gasteiger partial charge in [-0.1, -0.05) is 254 Å². The lowest BCUT2D eigenvalue weighted by molar-refractivity contribution is -0.166. The van der Waals surface area contributed by atoms with Crippen molar-refractivity contribution in [2.75, 3.05) is 13.2 Å². The molecule has 6 heteroatoms. The summed E-state index contributed by atoms with van der Waals surface area (Å²) in [5, 5.41) is 0. The first kappa shape index (κ1) is 71.5. The molecule has 0 amide bonds. The van der Waals surface area contributed by atoms with Gasteiger partial charge in [0, 0.05) is 12.8 Å². The van der Waals surface area contributed by atoms with Gasteiger partial charge in [-0.2, -0.15) is 0 Å². The highest BCUT2D eigenvalue weighted by molar-refractivity contribution is 5.72. The van der Waals surface area contributed by atoms with Crippen LogP contribution in [0.4, 0.5) is 0 Å². The molecule has 0 rings (SSSR count). The number of unbranched alkanes of at least 4 members (excludes halogenated alkanes) is 12. The number of esters is 3. The second-order valence-electron chi connectivity index (χ2n) is 19.1. The predicted octanol–water partition coefficient (Wildman–Crippen LogP) is 20.9. The molecule has 428 valence electrons. The highest BCUT2D eigenvalue weighted by Crippen LogP contribution is 2.13. The highest BCUT2D eigenvalue weighted by atomic mass is 16.6. The Morgan fingerprint density at radius 2 is 0.519 bits per heavy atom. The summed E-state index contributed by atoms with van der Waals surface area (Å²) in [4.78, 5) is 38.2. The molecule has 77 heavy (non-hydrogen) atoms. The van der Waals surface area contributed by atoms with Crippen molar-refractivity contribution in [3.63, 3.8) is 0 Å². The first-order valence-electron chi connectivity index (χ1n) is 30.3. The first-order chi connectivity index (χ1) is 38.0. The number of carbonyl (C=O) groups excluding carboxylic acids is 3. The molecule has 0 bridgehead atoms. The van der Waals surface area contributed by atoms with Crippen LogP contribution >= 0.6 is 0 Å². The molecule has 0 aliphatic carbocycles. The maximum absolute atomic E-state index is 12.9. The van der Waals surface area contributed by atoms with E-state index in [-0.39, 0.29) is 38.0 Å². The molecule has 0 heterocycles. The molecule has 0 fully saturated rings. The van der Waals surface area contributed by atoms with Gasteiger partial charge >= 0.3 is 17.9 Å². The first-order valence-corrected chi connectivity index (χ1v) is 30.3. The second-order valence-corrected chi connectivity index (χ2v) is 19.1. The average Bonchev–Trinajstić information content (AvgIpc) is 3.43. The van der Waals surface area contributed by atoms with Crippen LogP contribution in [-0.2, 0) is 28.6 Å². The quantitative estimate of drug-likeness (QED) is 0.0261. The van der Waals surface area contributed by atoms with E-state index in [4.69, 9.17) is 14.2 Å². The van der Waals surface area contributed by atoms with Gasteiger partial charge in [0.2, 0.25) is 0 Å². The fourth-order valence-electron chi connectivity index (χ4n) is 7.51. The van der Waals surface area contributed by atoms with Crippen molar-refractivity contribution in [3.05, 3.63) is 182 Å². The summed E-state index contributed by atoms with van der Waals surface area (Å²) >= 11 is 0. The molecule has 0 aliphatic heterocycles. The summed E-state index contributed by atoms with van der Waals surface area (Å²) < 4.78 is 16.8. The van der Waals surface area contributed by atoms with E-state index in [1.807, 2.05) is 6.08 Å². The summed E-state index contributed by atoms with van der Waals surface area (Å²) in [7, 11) is 0. The van der Waals surface area contributed by atoms with Crippen LogP contribution in [0.15, 0.2) is 182 Å². The zero-order valence-electron chi connectivity index (χ0n) is 48.9. The zero-order valence-corrected chi connectivity index (χ0v) is 48.9. The topological polar surface area (TPSA) is 78.9 Å². The standard InChI is InChI=1S/C71H108O6/c1-4-7-10-13-16-19-22-25-28-30-31-32-33-34-35-36-37-38-39-41-43-46-49-52-55-58-61-64-70(73)76-67-68(66-75-69(72)63-60-57-54-51-48-45-42-27-24-21-18-15-12-9-6-3)77-71(74)65-62-59-56-53-50-47-44-40-29-26-23-20-17-14-11-8-5-2/h7-12,16-21,25-29,31-32,34-35,37-38,42,44,47-48,51,57,60,68H,4-6,13-15,22-24,30,33,36,39-41,43,45-46,49-50,52-56,58-59,61-67H2,1-3H3/b10-7-,11-8-,12-9-,19-16-,20-17-,21-18-,28-25-,29-26-,32-31-,35-34-,38-37-,42-27-,47-44-,51-48-,60-57-. The smallest absolute Gasteiger partial charge is 0.309 e. The van der Waals surface area contributed by atoms with Gasteiger partial charge in [-0.25, -0.2) is 0 Å². The molecule has 0 radical (unpaired) electrons. The van der Waals surface area contributed by atoms with Crippen molar-refractivity contribution >= 4 is 17.9 Å². The minimum Gasteiger partial charge on any atom is -0.462 e. The van der Waals surface area contributed by atoms with Crippen molar-refractivity contribution in [1.29, 1.82) is 0 Å². The summed E-state index contributed by atoms with van der Waals surface area (Å²) in [6.45, 7) is 6.16. The molecule has 0 aromatic rings. The zero-order chi connectivity index (χ0) is 55.7. The van der Waals surface area contributed by atoms with Gasteiger partial charge in [0.05, 0.1) is 6.42 Å². The molecule has 0 saturated heterocycles. The lowest BCUT2D eigenvalue weighted by Crippen LogP contribution is -2.30. The Hall–Kier alpha value is -5.49. The molecular weight excluding hydrogens is 949 g/mol. The Kier molecular flexibility index (Phi) is 58.6. The third-order valence-electron chi connectivity index (χ3n) is 11.9. The normalized spacial score (nSPS) is 13.4. The number of hydrogen-bond acceptors (Lipinski definition) is 6. The van der Waals surface area contributed by atoms with Gasteiger partial charge in [-0.15, -0.1) is 0 Å². The molecular formula is C71H108O6. The van der Waals surface area contributed by atoms with Crippen LogP contribution in [0.5, 0.6) is 0 Å². The van der Waals surface area contributed by atoms with Crippen molar-refractivity contribution in [3.8, 4) is 0 Å². The van der Waals surface area contributed by atoms with E-state index < -0.39 is 12.1 Å². The fraction of sp³-hybridized carbons (Fsp3) is 0.535. The predicted molar refractivity (Wildman–Crippen MR) is 334 cm³/mol. The van der Waals surface area contributed by atoms with Crippen LogP contribution < -0.4 is 0 Å². The summed E-state index contributed by atoms with van der Waals surface area (Å²) in [6, 6.07) is 0. The monoisotopic (exact) mass is 1060 g/mol. The largest absolute Gasteiger partial charge is 0.462 e. The molecule has 1 atom stereocenters. The average molecular weight is 1060 g/mol. The van der Waals surface area contributed by atoms with Crippen LogP contribution in [0, 0.1) is 0 Å². The minimum absolute atomic E-state index is 0.110. The maximum Gasteiger partial charge on any atom is 0.309 e. The molecule has 1 unspecified atom stereocenters. The number of allylic oxidation sites excluding steroid dienone is 29. The SMILES string of the molecule is CC/C=C\C/C=C\C/C=C\C/C=C\C/C=C\C/C=C\CCCCCCCCCCC(=O)OCC(COC(=O)C/C=C\C/C=C\C/C=C\C/C=C\C/C=C\CC)OC(=O)CCCCCC/C=C\C/C=C\C/C=C\C/C=C\CC. The fourth-order valence-corrected chi connectivity index (χ4v) is 7.51. The second kappa shape index (κ2) is 63.0. The van der Waals surface area contributed by atoms with Crippen LogP contribution in [0.3, 0.4) is 0 Å². The maximum atomic E-state index is 12.9. The third kappa shape index (κ3) is 61.2. The highest BCUT2D eigenvalue weighted by Gasteiger charge is 2.19. The number of hydrogen-bond donors (Lipinski definition) is 0. The van der Waals surface area contributed by atoms with Gasteiger partial charge in [0.25, 0.3) is 0 Å². The van der Waals surface area contributed by atoms with E-state index in [0.717, 1.165) is 148 Å². The third-order valence-corrected chi connectivity index (χ3v) is 11.9. The van der Waals surface area contributed by atoms with Crippen molar-refractivity contribution in [1.82, 2.24) is 0 Å². The van der Waals surface area contributed by atoms with E-state index in [1.165, 1.54) is 32.1 Å². The summed E-state index contributed by atoms with van der Waals surface area (Å²) in [5.41, 5.74) is 0. The Balaban J connectivity index is 4.50. The van der Waals surface area contributed by atoms with Gasteiger partial charge in [0.15, 0.2) is 6.10 Å².